The smallest absolute Gasteiger partial charge is 0.341 e. The molecular formula is C24H34N2O8P2+2. The van der Waals surface area contributed by atoms with Gasteiger partial charge in [0.05, 0.1) is 24.4 Å². The molecule has 0 aromatic rings. The van der Waals surface area contributed by atoms with E-state index in [-0.39, 0.29) is 13.2 Å². The molecule has 1 N–H and O–H groups in total. The van der Waals surface area contributed by atoms with E-state index in [4.69, 9.17) is 23.0 Å². The van der Waals surface area contributed by atoms with Gasteiger partial charge in [-0.25, -0.2) is 0 Å². The highest BCUT2D eigenvalue weighted by atomic mass is 31.2. The molecule has 0 bridgehead atoms. The SMILES string of the molecule is C=C(/C=C1/C=[N+]2CC[N+]3=C/C(=C/C(=C)CCOP(C)(=O)OC)C(=C)O[C@]23OC1=C)CCOP(C)(=O)O. The molecule has 0 amide bonds. The molecule has 0 radical (unpaired) electrons. The molecule has 3 heterocycles. The second kappa shape index (κ2) is 11.0. The van der Waals surface area contributed by atoms with Crippen LogP contribution in [0.25, 0.3) is 0 Å². The Hall–Kier alpha value is -2.32. The van der Waals surface area contributed by atoms with Crippen molar-refractivity contribution in [3.05, 3.63) is 72.3 Å². The lowest BCUT2D eigenvalue weighted by Crippen LogP contribution is -2.54. The summed E-state index contributed by atoms with van der Waals surface area (Å²) in [5, 5.41) is 0. The fourth-order valence-electron chi connectivity index (χ4n) is 3.69. The van der Waals surface area contributed by atoms with Crippen molar-refractivity contribution in [3.63, 3.8) is 0 Å². The van der Waals surface area contributed by atoms with Gasteiger partial charge in [0.25, 0.3) is 0 Å². The molecule has 1 fully saturated rings. The van der Waals surface area contributed by atoms with Crippen LogP contribution in [-0.4, -0.2) is 79.3 Å². The molecule has 1 spiro atoms. The van der Waals surface area contributed by atoms with E-state index >= 15 is 0 Å². The first kappa shape index (κ1) is 28.3. The highest BCUT2D eigenvalue weighted by Crippen LogP contribution is 2.43. The summed E-state index contributed by atoms with van der Waals surface area (Å²) in [6, 6.07) is -1.23. The van der Waals surface area contributed by atoms with Crippen LogP contribution in [0.3, 0.4) is 0 Å². The van der Waals surface area contributed by atoms with Crippen molar-refractivity contribution >= 4 is 27.6 Å². The summed E-state index contributed by atoms with van der Waals surface area (Å²) >= 11 is 0. The highest BCUT2D eigenvalue weighted by molar-refractivity contribution is 7.53. The fraction of sp³-hybridized carbons (Fsp3) is 0.417. The first-order chi connectivity index (χ1) is 16.7. The minimum absolute atomic E-state index is 0.0796. The molecular weight excluding hydrogens is 506 g/mol. The zero-order chi connectivity index (χ0) is 26.7. The Bertz CT molecular complexity index is 1210. The zero-order valence-corrected chi connectivity index (χ0v) is 22.8. The van der Waals surface area contributed by atoms with Gasteiger partial charge in [-0.05, 0) is 25.0 Å². The lowest BCUT2D eigenvalue weighted by atomic mass is 10.1. The molecule has 12 heteroatoms. The minimum atomic E-state index is -3.53. The number of hydrogen-bond donors (Lipinski definition) is 1. The van der Waals surface area contributed by atoms with Gasteiger partial charge >= 0.3 is 21.2 Å². The summed E-state index contributed by atoms with van der Waals surface area (Å²) in [5.41, 5.74) is 2.90. The van der Waals surface area contributed by atoms with Gasteiger partial charge in [-0.1, -0.05) is 46.6 Å². The summed E-state index contributed by atoms with van der Waals surface area (Å²) in [5.74, 6) is 0.794. The van der Waals surface area contributed by atoms with Gasteiger partial charge in [0, 0.05) is 20.4 Å². The van der Waals surface area contributed by atoms with E-state index in [9.17, 15) is 14.0 Å². The quantitative estimate of drug-likeness (QED) is 0.311. The average molecular weight is 540 g/mol. The average Bonchev–Trinajstić information content (AvgIpc) is 3.10. The summed E-state index contributed by atoms with van der Waals surface area (Å²) in [7, 11) is -5.22. The van der Waals surface area contributed by atoms with Crippen LogP contribution < -0.4 is 0 Å². The van der Waals surface area contributed by atoms with Crippen LogP contribution in [0.5, 0.6) is 0 Å². The zero-order valence-electron chi connectivity index (χ0n) is 21.0. The number of nitrogens with zero attached hydrogens (tertiary/aromatic N) is 2. The molecule has 1 saturated heterocycles. The fourth-order valence-corrected chi connectivity index (χ4v) is 4.65. The van der Waals surface area contributed by atoms with Crippen molar-refractivity contribution in [2.75, 3.05) is 46.7 Å². The van der Waals surface area contributed by atoms with Gasteiger partial charge in [0.1, 0.15) is 11.5 Å². The Morgan fingerprint density at radius 1 is 1.00 bits per heavy atom. The molecule has 0 aromatic carbocycles. The number of hydrogen-bond acceptors (Lipinski definition) is 7. The maximum atomic E-state index is 11.9. The van der Waals surface area contributed by atoms with Crippen LogP contribution in [-0.2, 0) is 32.2 Å². The second-order valence-electron chi connectivity index (χ2n) is 8.68. The van der Waals surface area contributed by atoms with Crippen LogP contribution in [0.4, 0.5) is 0 Å². The van der Waals surface area contributed by atoms with Gasteiger partial charge in [0.15, 0.2) is 12.4 Å². The monoisotopic (exact) mass is 540 g/mol. The van der Waals surface area contributed by atoms with Crippen molar-refractivity contribution in [2.24, 2.45) is 0 Å². The third-order valence-corrected chi connectivity index (χ3v) is 7.58. The third-order valence-electron chi connectivity index (χ3n) is 5.61. The standard InChI is InChI=1S/C24H33N2O8P2/c1-18(8-12-31-35(6,27)28)14-22-16-25-10-11-26-17-23(21(4)34-24(25,26)33-20(22)3)15-19(2)9-13-32-36(7,29)30-5/h14-17H,1-4,8-13H2,5-7H3/q+1/p+1/b22-14-,23-15-/t24-,36?/m1/s1. The topological polar surface area (TPSA) is 107 Å². The van der Waals surface area contributed by atoms with Crippen LogP contribution >= 0.6 is 15.2 Å². The first-order valence-electron chi connectivity index (χ1n) is 11.3. The predicted molar refractivity (Wildman–Crippen MR) is 137 cm³/mol. The number of rotatable bonds is 11. The Labute approximate surface area is 211 Å². The molecule has 10 nitrogen and oxygen atoms in total. The van der Waals surface area contributed by atoms with Crippen LogP contribution in [0.1, 0.15) is 12.8 Å². The summed E-state index contributed by atoms with van der Waals surface area (Å²) in [6.07, 6.45) is 8.28. The Balaban J connectivity index is 1.73. The third kappa shape index (κ3) is 6.91. The van der Waals surface area contributed by atoms with E-state index in [1.54, 1.807) is 6.08 Å². The van der Waals surface area contributed by atoms with Crippen LogP contribution in [0, 0.1) is 0 Å². The van der Waals surface area contributed by atoms with E-state index in [0.29, 0.717) is 48.6 Å². The molecule has 36 heavy (non-hydrogen) atoms. The van der Waals surface area contributed by atoms with Gasteiger partial charge in [-0.3, -0.25) is 9.13 Å². The summed E-state index contributed by atoms with van der Waals surface area (Å²) in [4.78, 5) is 9.25. The van der Waals surface area contributed by atoms with Crippen molar-refractivity contribution in [1.82, 2.24) is 0 Å². The molecule has 0 aromatic heterocycles. The second-order valence-corrected chi connectivity index (χ2v) is 12.7. The van der Waals surface area contributed by atoms with E-state index in [1.807, 2.05) is 27.7 Å². The van der Waals surface area contributed by atoms with Gasteiger partial charge < -0.3 is 27.9 Å². The molecule has 0 aliphatic carbocycles. The van der Waals surface area contributed by atoms with Gasteiger partial charge in [0.2, 0.25) is 13.1 Å². The molecule has 2 unspecified atom stereocenters. The number of allylic oxidation sites excluding steroid dienone is 4. The molecule has 0 saturated carbocycles. The Morgan fingerprint density at radius 3 is 1.86 bits per heavy atom. The van der Waals surface area contributed by atoms with E-state index in [1.165, 1.54) is 13.8 Å². The molecule has 3 aliphatic rings. The Morgan fingerprint density at radius 2 is 1.44 bits per heavy atom. The van der Waals surface area contributed by atoms with Crippen molar-refractivity contribution < 1.29 is 46.2 Å². The largest absolute Gasteiger partial charge is 0.704 e. The van der Waals surface area contributed by atoms with Crippen LogP contribution in [0.2, 0.25) is 0 Å². The maximum Gasteiger partial charge on any atom is 0.704 e. The normalized spacial score (nSPS) is 26.7. The lowest BCUT2D eigenvalue weighted by molar-refractivity contribution is -0.872. The molecule has 196 valence electrons. The maximum absolute atomic E-state index is 11.9. The van der Waals surface area contributed by atoms with Crippen molar-refractivity contribution in [3.8, 4) is 0 Å². The summed E-state index contributed by atoms with van der Waals surface area (Å²) in [6.45, 7) is 20.2. The van der Waals surface area contributed by atoms with Gasteiger partial charge in [-0.15, -0.1) is 0 Å². The minimum Gasteiger partial charge on any atom is -0.341 e. The van der Waals surface area contributed by atoms with E-state index in [2.05, 4.69) is 26.3 Å². The van der Waals surface area contributed by atoms with Crippen LogP contribution in [0.15, 0.2) is 72.3 Å². The van der Waals surface area contributed by atoms with E-state index < -0.39 is 21.2 Å². The van der Waals surface area contributed by atoms with E-state index in [0.717, 1.165) is 17.8 Å². The Kier molecular flexibility index (Phi) is 8.61. The van der Waals surface area contributed by atoms with Crippen molar-refractivity contribution in [1.29, 1.82) is 0 Å². The molecule has 3 rings (SSSR count). The first-order valence-corrected chi connectivity index (χ1v) is 15.3. The lowest BCUT2D eigenvalue weighted by Gasteiger charge is -2.28. The van der Waals surface area contributed by atoms with Gasteiger partial charge in [-0.2, -0.15) is 0 Å². The molecule has 3 atom stereocenters. The predicted octanol–water partition coefficient (Wildman–Crippen LogP) is 3.93. The summed E-state index contributed by atoms with van der Waals surface area (Å²) < 4.78 is 54.4. The highest BCUT2D eigenvalue weighted by Gasteiger charge is 2.69. The van der Waals surface area contributed by atoms with Crippen molar-refractivity contribution in [2.45, 2.75) is 18.9 Å². The number of ether oxygens (including phenoxy) is 2. The molecule has 3 aliphatic heterocycles.